The summed E-state index contributed by atoms with van der Waals surface area (Å²) in [5.74, 6) is 0.0913. The molecule has 2 unspecified atom stereocenters. The molecule has 6 nitrogen and oxygen atoms in total. The molecule has 25 heavy (non-hydrogen) atoms. The van der Waals surface area contributed by atoms with E-state index in [1.54, 1.807) is 11.3 Å². The van der Waals surface area contributed by atoms with Gasteiger partial charge in [0.05, 0.1) is 19.3 Å². The van der Waals surface area contributed by atoms with Gasteiger partial charge in [0.2, 0.25) is 5.91 Å². The van der Waals surface area contributed by atoms with E-state index >= 15 is 0 Å². The van der Waals surface area contributed by atoms with Crippen molar-refractivity contribution in [3.8, 4) is 0 Å². The Balaban J connectivity index is 1.35. The number of nitrogens with zero attached hydrogens (tertiary/aromatic N) is 2. The number of carbonyl (C=O) groups excluding carboxylic acids is 1. The summed E-state index contributed by atoms with van der Waals surface area (Å²) in [4.78, 5) is 19.3. The van der Waals surface area contributed by atoms with E-state index in [1.807, 2.05) is 16.5 Å². The third-order valence-electron chi connectivity index (χ3n) is 5.78. The van der Waals surface area contributed by atoms with E-state index in [1.165, 1.54) is 0 Å². The Morgan fingerprint density at radius 2 is 2.36 bits per heavy atom. The third-order valence-corrected chi connectivity index (χ3v) is 6.55. The molecule has 1 aromatic rings. The fourth-order valence-electron chi connectivity index (χ4n) is 4.21. The molecule has 1 aromatic heterocycles. The summed E-state index contributed by atoms with van der Waals surface area (Å²) >= 11 is 1.62. The molecule has 0 bridgehead atoms. The Hall–Kier alpha value is -1.02. The lowest BCUT2D eigenvalue weighted by Gasteiger charge is -2.29. The van der Waals surface area contributed by atoms with Crippen molar-refractivity contribution in [2.45, 2.75) is 50.8 Å². The number of rotatable bonds is 7. The van der Waals surface area contributed by atoms with Crippen molar-refractivity contribution >= 4 is 17.2 Å². The predicted octanol–water partition coefficient (Wildman–Crippen LogP) is 1.81. The Morgan fingerprint density at radius 3 is 3.08 bits per heavy atom. The van der Waals surface area contributed by atoms with Gasteiger partial charge in [0.1, 0.15) is 11.6 Å². The van der Waals surface area contributed by atoms with Crippen LogP contribution >= 0.6 is 11.3 Å². The molecule has 2 saturated heterocycles. The number of hydrogen-bond donors (Lipinski definition) is 1. The normalized spacial score (nSPS) is 27.5. The number of amides is 1. The minimum absolute atomic E-state index is 0.0913. The van der Waals surface area contributed by atoms with E-state index < -0.39 is 0 Å². The first-order chi connectivity index (χ1) is 12.3. The van der Waals surface area contributed by atoms with Crippen molar-refractivity contribution in [1.82, 2.24) is 15.2 Å². The van der Waals surface area contributed by atoms with Crippen LogP contribution in [0.1, 0.15) is 37.1 Å². The van der Waals surface area contributed by atoms with Crippen molar-refractivity contribution in [2.24, 2.45) is 5.41 Å². The Kier molecular flexibility index (Phi) is 5.36. The molecule has 3 heterocycles. The van der Waals surface area contributed by atoms with E-state index in [-0.39, 0.29) is 18.6 Å². The molecule has 2 aliphatic heterocycles. The second kappa shape index (κ2) is 7.70. The summed E-state index contributed by atoms with van der Waals surface area (Å²) in [6, 6.07) is 0.345. The van der Waals surface area contributed by atoms with Crippen LogP contribution in [0.4, 0.5) is 0 Å². The summed E-state index contributed by atoms with van der Waals surface area (Å²) in [6.07, 6.45) is 7.55. The van der Waals surface area contributed by atoms with E-state index in [2.05, 4.69) is 10.3 Å². The van der Waals surface area contributed by atoms with Gasteiger partial charge in [-0.3, -0.25) is 4.79 Å². The molecular formula is C18H27N3O3S. The lowest BCUT2D eigenvalue weighted by Crippen LogP contribution is -2.41. The van der Waals surface area contributed by atoms with Crippen LogP contribution in [0.25, 0.3) is 0 Å². The first-order valence-electron chi connectivity index (χ1n) is 9.35. The van der Waals surface area contributed by atoms with Gasteiger partial charge in [0, 0.05) is 24.2 Å². The average molecular weight is 365 g/mol. The van der Waals surface area contributed by atoms with Crippen molar-refractivity contribution in [3.63, 3.8) is 0 Å². The topological polar surface area (TPSA) is 63.7 Å². The summed E-state index contributed by atoms with van der Waals surface area (Å²) < 4.78 is 11.3. The lowest BCUT2D eigenvalue weighted by atomic mass is 9.93. The van der Waals surface area contributed by atoms with E-state index in [4.69, 9.17) is 9.47 Å². The molecule has 2 atom stereocenters. The van der Waals surface area contributed by atoms with Gasteiger partial charge in [-0.15, -0.1) is 11.3 Å². The summed E-state index contributed by atoms with van der Waals surface area (Å²) in [6.45, 7) is 4.22. The number of nitrogens with one attached hydrogen (secondary N) is 1. The Bertz CT molecular complexity index is 568. The van der Waals surface area contributed by atoms with Crippen LogP contribution in [0.5, 0.6) is 0 Å². The number of carbonyl (C=O) groups is 1. The molecule has 1 spiro atoms. The molecule has 3 aliphatic rings. The Morgan fingerprint density at radius 1 is 1.48 bits per heavy atom. The second-order valence-electron chi connectivity index (χ2n) is 7.43. The molecule has 0 aromatic carbocycles. The average Bonchev–Trinajstić information content (AvgIpc) is 3.07. The van der Waals surface area contributed by atoms with Gasteiger partial charge in [-0.1, -0.05) is 0 Å². The van der Waals surface area contributed by atoms with E-state index in [9.17, 15) is 4.79 Å². The third kappa shape index (κ3) is 4.05. The molecule has 3 fully saturated rings. The quantitative estimate of drug-likeness (QED) is 0.798. The minimum atomic E-state index is 0.0913. The van der Waals surface area contributed by atoms with Gasteiger partial charge in [0.25, 0.3) is 0 Å². The van der Waals surface area contributed by atoms with E-state index in [0.29, 0.717) is 24.6 Å². The zero-order valence-electron chi connectivity index (χ0n) is 14.6. The molecule has 1 saturated carbocycles. The van der Waals surface area contributed by atoms with Crippen LogP contribution in [0, 0.1) is 5.41 Å². The zero-order chi connectivity index (χ0) is 17.1. The Labute approximate surface area is 152 Å². The van der Waals surface area contributed by atoms with Crippen molar-refractivity contribution < 1.29 is 14.3 Å². The van der Waals surface area contributed by atoms with Crippen LogP contribution in [0.2, 0.25) is 0 Å². The fraction of sp³-hybridized carbons (Fsp3) is 0.778. The highest BCUT2D eigenvalue weighted by Crippen LogP contribution is 2.56. The first-order valence-corrected chi connectivity index (χ1v) is 10.2. The first kappa shape index (κ1) is 17.4. The monoisotopic (exact) mass is 365 g/mol. The van der Waals surface area contributed by atoms with Crippen LogP contribution in [-0.4, -0.2) is 60.8 Å². The highest BCUT2D eigenvalue weighted by molar-refractivity contribution is 7.09. The molecule has 7 heteroatoms. The van der Waals surface area contributed by atoms with Crippen molar-refractivity contribution in [2.75, 3.05) is 32.9 Å². The van der Waals surface area contributed by atoms with Gasteiger partial charge < -0.3 is 19.7 Å². The maximum Gasteiger partial charge on any atom is 0.249 e. The fourth-order valence-corrected chi connectivity index (χ4v) is 4.83. The van der Waals surface area contributed by atoms with Crippen molar-refractivity contribution in [3.05, 3.63) is 16.6 Å². The highest BCUT2D eigenvalue weighted by Gasteiger charge is 2.57. The smallest absolute Gasteiger partial charge is 0.249 e. The number of aromatic nitrogens is 1. The number of ether oxygens (including phenoxy) is 2. The number of thiazole rings is 1. The number of hydrogen-bond acceptors (Lipinski definition) is 6. The van der Waals surface area contributed by atoms with E-state index in [0.717, 1.165) is 56.8 Å². The van der Waals surface area contributed by atoms with Crippen LogP contribution < -0.4 is 5.32 Å². The lowest BCUT2D eigenvalue weighted by molar-refractivity contribution is -0.139. The largest absolute Gasteiger partial charge is 0.376 e. The van der Waals surface area contributed by atoms with Gasteiger partial charge in [-0.05, 0) is 50.6 Å². The van der Waals surface area contributed by atoms with Gasteiger partial charge in [0.15, 0.2) is 0 Å². The van der Waals surface area contributed by atoms with Crippen molar-refractivity contribution in [1.29, 1.82) is 0 Å². The van der Waals surface area contributed by atoms with Crippen LogP contribution in [0.3, 0.4) is 0 Å². The standard InChI is InChI=1S/C18H27N3O3S/c22-17(13-23-12-14-2-1-8-24-14)21(11-16-20-7-9-25-16)15-10-18(15)3-5-19-6-4-18/h7,9,14-15,19H,1-6,8,10-13H2. The molecule has 1 N–H and O–H groups in total. The van der Waals surface area contributed by atoms with Gasteiger partial charge in [-0.25, -0.2) is 4.98 Å². The summed E-state index contributed by atoms with van der Waals surface area (Å²) in [5.41, 5.74) is 0.326. The minimum Gasteiger partial charge on any atom is -0.376 e. The van der Waals surface area contributed by atoms with Gasteiger partial charge in [-0.2, -0.15) is 0 Å². The van der Waals surface area contributed by atoms with Gasteiger partial charge >= 0.3 is 0 Å². The van der Waals surface area contributed by atoms with Crippen LogP contribution in [0.15, 0.2) is 11.6 Å². The molecule has 1 amide bonds. The summed E-state index contributed by atoms with van der Waals surface area (Å²) in [7, 11) is 0. The number of piperidine rings is 1. The second-order valence-corrected chi connectivity index (χ2v) is 8.41. The zero-order valence-corrected chi connectivity index (χ0v) is 15.4. The SMILES string of the molecule is O=C(COCC1CCCO1)N(Cc1nccs1)C1CC12CCNCC2. The molecule has 0 radical (unpaired) electrons. The maximum absolute atomic E-state index is 12.9. The molecule has 1 aliphatic carbocycles. The highest BCUT2D eigenvalue weighted by atomic mass is 32.1. The predicted molar refractivity (Wildman–Crippen MR) is 95.4 cm³/mol. The molecule has 138 valence electrons. The maximum atomic E-state index is 12.9. The molecule has 4 rings (SSSR count). The molecular weight excluding hydrogens is 338 g/mol. The summed E-state index contributed by atoms with van der Waals surface area (Å²) in [5, 5.41) is 6.40. The van der Waals surface area contributed by atoms with Crippen LogP contribution in [-0.2, 0) is 20.8 Å².